The van der Waals surface area contributed by atoms with E-state index < -0.39 is 10.2 Å². The van der Waals surface area contributed by atoms with Crippen LogP contribution in [-0.2, 0) is 20.4 Å². The Labute approximate surface area is 170 Å². The Balaban J connectivity index is 0. The van der Waals surface area contributed by atoms with E-state index in [2.05, 4.69) is 28.7 Å². The fourth-order valence-electron chi connectivity index (χ4n) is 1.75. The van der Waals surface area contributed by atoms with Gasteiger partial charge < -0.3 is 10.6 Å². The van der Waals surface area contributed by atoms with Gasteiger partial charge in [-0.05, 0) is 37.4 Å². The van der Waals surface area contributed by atoms with E-state index in [9.17, 15) is 0 Å². The molecule has 0 radical (unpaired) electrons. The summed E-state index contributed by atoms with van der Waals surface area (Å²) in [5, 5.41) is 0. The average molecular weight is 478 g/mol. The molecule has 10 heteroatoms. The molecule has 0 saturated heterocycles. The summed E-state index contributed by atoms with van der Waals surface area (Å²) in [7, 11) is -4.94. The number of hydrogen-bond acceptors (Lipinski definition) is 8. The molecule has 0 saturated carbocycles. The van der Waals surface area contributed by atoms with E-state index >= 15 is 0 Å². The first-order chi connectivity index (χ1) is 11.8. The predicted octanol–water partition coefficient (Wildman–Crippen LogP) is -2.33. The van der Waals surface area contributed by atoms with Crippen LogP contribution in [0.3, 0.4) is 0 Å². The number of pyridine rings is 2. The van der Waals surface area contributed by atoms with Gasteiger partial charge in [0, 0.05) is 25.5 Å². The second-order valence-electron chi connectivity index (χ2n) is 4.62. The van der Waals surface area contributed by atoms with E-state index in [-0.39, 0.29) is 20.4 Å². The SMILES string of the molecule is CCN(CC)CCN.[O-][Cl+3]([O-])([O-])[O-].[Pd+2].c1ccc(-c2ccccn2)nc1. The molecule has 0 fully saturated rings. The van der Waals surface area contributed by atoms with Crippen molar-refractivity contribution in [3.8, 4) is 11.4 Å². The zero-order valence-corrected chi connectivity index (χ0v) is 17.0. The maximum atomic E-state index is 8.49. The molecule has 0 bridgehead atoms. The molecule has 2 aromatic heterocycles. The minimum absolute atomic E-state index is 0. The second-order valence-corrected chi connectivity index (χ2v) is 5.38. The molecule has 0 aromatic carbocycles. The van der Waals surface area contributed by atoms with E-state index in [1.807, 2.05) is 36.4 Å². The van der Waals surface area contributed by atoms with Crippen molar-refractivity contribution < 1.29 is 49.3 Å². The molecular weight excluding hydrogens is 454 g/mol. The van der Waals surface area contributed by atoms with Crippen LogP contribution in [0.25, 0.3) is 11.4 Å². The maximum Gasteiger partial charge on any atom is 2.00 e. The van der Waals surface area contributed by atoms with Gasteiger partial charge in [0.15, 0.2) is 0 Å². The number of rotatable bonds is 5. The van der Waals surface area contributed by atoms with Crippen LogP contribution >= 0.6 is 0 Å². The first-order valence-corrected chi connectivity index (χ1v) is 8.91. The second kappa shape index (κ2) is 16.2. The van der Waals surface area contributed by atoms with Crippen molar-refractivity contribution in [2.75, 3.05) is 26.2 Å². The van der Waals surface area contributed by atoms with Crippen molar-refractivity contribution in [1.82, 2.24) is 14.9 Å². The molecule has 0 aliphatic carbocycles. The van der Waals surface area contributed by atoms with Crippen molar-refractivity contribution in [2.45, 2.75) is 13.8 Å². The van der Waals surface area contributed by atoms with Gasteiger partial charge in [-0.2, -0.15) is 0 Å². The third-order valence-electron chi connectivity index (χ3n) is 2.93. The van der Waals surface area contributed by atoms with Crippen LogP contribution in [-0.4, -0.2) is 41.0 Å². The van der Waals surface area contributed by atoms with E-state index in [0.717, 1.165) is 37.6 Å². The number of nitrogens with zero attached hydrogens (tertiary/aromatic N) is 3. The standard InChI is InChI=1S/C10H8N2.C6H16N2.ClHO4.Pd/c1-3-7-11-9(5-1)10-6-2-4-8-12-10;1-3-8(4-2)6-5-7;2-1(3,4)5;/h1-8H;3-7H2,1-2H3;(H,2,3,4,5);/q;;;+2/p-1. The van der Waals surface area contributed by atoms with Gasteiger partial charge in [0.1, 0.15) is 0 Å². The van der Waals surface area contributed by atoms with Crippen LogP contribution in [0.5, 0.6) is 0 Å². The third-order valence-corrected chi connectivity index (χ3v) is 2.93. The molecule has 148 valence electrons. The Morgan fingerprint density at radius 1 is 0.885 bits per heavy atom. The van der Waals surface area contributed by atoms with Gasteiger partial charge in [0.25, 0.3) is 0 Å². The zero-order chi connectivity index (χ0) is 19.1. The van der Waals surface area contributed by atoms with Crippen molar-refractivity contribution >= 4 is 0 Å². The van der Waals surface area contributed by atoms with Gasteiger partial charge in [0.2, 0.25) is 0 Å². The Hall–Kier alpha value is -0.988. The van der Waals surface area contributed by atoms with Gasteiger partial charge in [-0.3, -0.25) is 9.97 Å². The maximum absolute atomic E-state index is 8.49. The number of hydrogen-bond donors (Lipinski definition) is 1. The summed E-state index contributed by atoms with van der Waals surface area (Å²) in [6.07, 6.45) is 3.54. The summed E-state index contributed by atoms with van der Waals surface area (Å²) in [4.78, 5) is 10.7. The molecule has 0 spiro atoms. The largest absolute Gasteiger partial charge is 2.00 e. The van der Waals surface area contributed by atoms with E-state index in [4.69, 9.17) is 24.4 Å². The quantitative estimate of drug-likeness (QED) is 0.471. The van der Waals surface area contributed by atoms with Crippen LogP contribution < -0.4 is 24.4 Å². The summed E-state index contributed by atoms with van der Waals surface area (Å²) in [6, 6.07) is 11.6. The number of halogens is 1. The smallest absolute Gasteiger partial charge is 0.329 e. The molecule has 2 N–H and O–H groups in total. The average Bonchev–Trinajstić information content (AvgIpc) is 2.60. The summed E-state index contributed by atoms with van der Waals surface area (Å²) in [5.74, 6) is 0. The molecule has 0 unspecified atom stereocenters. The monoisotopic (exact) mass is 477 g/mol. The molecule has 2 rings (SSSR count). The molecular formula is C16H24ClN4O4Pd+. The van der Waals surface area contributed by atoms with Gasteiger partial charge in [-0.15, -0.1) is 10.2 Å². The van der Waals surface area contributed by atoms with Crippen LogP contribution in [0.15, 0.2) is 48.8 Å². The van der Waals surface area contributed by atoms with Gasteiger partial charge in [-0.1, -0.05) is 26.0 Å². The topological polar surface area (TPSA) is 147 Å². The van der Waals surface area contributed by atoms with Crippen molar-refractivity contribution in [2.24, 2.45) is 5.73 Å². The summed E-state index contributed by atoms with van der Waals surface area (Å²) in [6.45, 7) is 8.36. The zero-order valence-electron chi connectivity index (χ0n) is 14.7. The third kappa shape index (κ3) is 16.5. The normalized spacial score (nSPS) is 10.0. The van der Waals surface area contributed by atoms with Gasteiger partial charge in [-0.25, -0.2) is 18.6 Å². The van der Waals surface area contributed by atoms with Gasteiger partial charge in [0.05, 0.1) is 11.4 Å². The fourth-order valence-corrected chi connectivity index (χ4v) is 1.75. The van der Waals surface area contributed by atoms with Crippen LogP contribution in [0.1, 0.15) is 13.8 Å². The molecule has 0 amide bonds. The van der Waals surface area contributed by atoms with Crippen LogP contribution in [0, 0.1) is 10.2 Å². The van der Waals surface area contributed by atoms with Gasteiger partial charge >= 0.3 is 20.4 Å². The van der Waals surface area contributed by atoms with Crippen molar-refractivity contribution in [3.05, 3.63) is 48.8 Å². The van der Waals surface area contributed by atoms with Crippen LogP contribution in [0.4, 0.5) is 0 Å². The Kier molecular flexibility index (Phi) is 17.0. The first kappa shape index (κ1) is 27.2. The number of nitrogens with two attached hydrogens (primary N) is 1. The molecule has 2 aromatic rings. The minimum Gasteiger partial charge on any atom is -0.329 e. The van der Waals surface area contributed by atoms with Crippen LogP contribution in [0.2, 0.25) is 0 Å². The van der Waals surface area contributed by atoms with E-state index in [1.54, 1.807) is 12.4 Å². The summed E-state index contributed by atoms with van der Waals surface area (Å²) >= 11 is 0. The van der Waals surface area contributed by atoms with E-state index in [1.165, 1.54) is 0 Å². The molecule has 0 aliphatic rings. The number of aromatic nitrogens is 2. The number of likely N-dealkylation sites (N-methyl/N-ethyl adjacent to an activating group) is 1. The van der Waals surface area contributed by atoms with Crippen molar-refractivity contribution in [1.29, 1.82) is 0 Å². The molecule has 0 aliphatic heterocycles. The first-order valence-electron chi connectivity index (χ1n) is 7.68. The van der Waals surface area contributed by atoms with Crippen molar-refractivity contribution in [3.63, 3.8) is 0 Å². The molecule has 8 nitrogen and oxygen atoms in total. The predicted molar refractivity (Wildman–Crippen MR) is 84.3 cm³/mol. The summed E-state index contributed by atoms with van der Waals surface area (Å²) in [5.41, 5.74) is 7.17. The summed E-state index contributed by atoms with van der Waals surface area (Å²) < 4.78 is 34.0. The minimum atomic E-state index is -4.94. The fraction of sp³-hybridized carbons (Fsp3) is 0.375. The molecule has 26 heavy (non-hydrogen) atoms. The van der Waals surface area contributed by atoms with E-state index in [0.29, 0.717) is 0 Å². The Morgan fingerprint density at radius 3 is 1.46 bits per heavy atom. The molecule has 0 atom stereocenters. The Morgan fingerprint density at radius 2 is 1.27 bits per heavy atom. The Bertz CT molecular complexity index is 499. The molecule has 2 heterocycles.